The van der Waals surface area contributed by atoms with Gasteiger partial charge in [0, 0.05) is 12.6 Å². The zero-order chi connectivity index (χ0) is 32.8. The fourth-order valence-corrected chi connectivity index (χ4v) is 6.12. The molecule has 0 spiro atoms. The largest absolute Gasteiger partial charge is 0.494 e. The summed E-state index contributed by atoms with van der Waals surface area (Å²) in [6, 6.07) is 23.6. The van der Waals surface area contributed by atoms with E-state index in [2.05, 4.69) is 9.97 Å². The lowest BCUT2D eigenvalue weighted by molar-refractivity contribution is -0.135. The van der Waals surface area contributed by atoms with Crippen LogP contribution >= 0.6 is 0 Å². The average molecular weight is 633 g/mol. The highest BCUT2D eigenvalue weighted by Gasteiger charge is 2.45. The number of amides is 1. The lowest BCUT2D eigenvalue weighted by atomic mass is 9.99. The minimum Gasteiger partial charge on any atom is -0.494 e. The van der Waals surface area contributed by atoms with Crippen LogP contribution in [-0.2, 0) is 30.7 Å². The quantitative estimate of drug-likeness (QED) is 0.225. The molecule has 0 aliphatic rings. The first-order valence-electron chi connectivity index (χ1n) is 14.2. The van der Waals surface area contributed by atoms with Gasteiger partial charge >= 0.3 is 12.1 Å². The number of carboxylic acids is 1. The lowest BCUT2D eigenvalue weighted by Gasteiger charge is -2.30. The van der Waals surface area contributed by atoms with Gasteiger partial charge in [-0.05, 0) is 80.8 Å². The van der Waals surface area contributed by atoms with Crippen molar-refractivity contribution in [2.75, 3.05) is 18.1 Å². The van der Waals surface area contributed by atoms with Gasteiger partial charge in [0.15, 0.2) is 9.90 Å². The molecule has 2 aromatic carbocycles. The molecule has 0 saturated carbocycles. The highest BCUT2D eigenvalue weighted by molar-refractivity contribution is 7.92. The van der Waals surface area contributed by atoms with Gasteiger partial charge in [0.2, 0.25) is 9.84 Å². The number of pyridine rings is 2. The van der Waals surface area contributed by atoms with Crippen molar-refractivity contribution in [2.24, 2.45) is 5.73 Å². The highest BCUT2D eigenvalue weighted by Crippen LogP contribution is 2.34. The van der Waals surface area contributed by atoms with Crippen molar-refractivity contribution in [3.8, 4) is 16.9 Å². The van der Waals surface area contributed by atoms with Gasteiger partial charge in [-0.1, -0.05) is 48.5 Å². The molecule has 1 atom stereocenters. The van der Waals surface area contributed by atoms with E-state index in [1.54, 1.807) is 39.0 Å². The second-order valence-electron chi connectivity index (χ2n) is 11.2. The maximum absolute atomic E-state index is 14.2. The van der Waals surface area contributed by atoms with Gasteiger partial charge in [-0.25, -0.2) is 23.2 Å². The Balaban J connectivity index is 1.77. The second kappa shape index (κ2) is 13.4. The molecule has 11 nitrogen and oxygen atoms in total. The SMILES string of the molecule is CCOc1ccc(-c2ccc(CC(N)(c3cccc(N(CC(=O)O)C(=O)OC(C)(C)C)n3)S(=O)(=O)c3ccccn3)cc2)cc1. The Morgan fingerprint density at radius 3 is 2.11 bits per heavy atom. The van der Waals surface area contributed by atoms with Crippen molar-refractivity contribution in [2.45, 2.75) is 49.6 Å². The third-order valence-corrected chi connectivity index (χ3v) is 8.77. The average Bonchev–Trinajstić information content (AvgIpc) is 3.00. The Hall–Kier alpha value is -4.81. The molecule has 4 rings (SSSR count). The molecular formula is C33H36N4O7S. The molecule has 236 valence electrons. The van der Waals surface area contributed by atoms with Gasteiger partial charge in [-0.15, -0.1) is 0 Å². The third kappa shape index (κ3) is 7.83. The summed E-state index contributed by atoms with van der Waals surface area (Å²) in [5.41, 5.74) is 8.25. The molecule has 45 heavy (non-hydrogen) atoms. The minimum absolute atomic E-state index is 0.111. The molecule has 0 aliphatic heterocycles. The summed E-state index contributed by atoms with van der Waals surface area (Å²) in [6.45, 7) is 6.62. The molecule has 0 bridgehead atoms. The standard InChI is InChI=1S/C33H36N4O7S/c1-5-43-26-18-16-25(17-19-26)24-14-12-23(13-15-24)21-33(34,45(41,42)29-11-6-7-20-35-29)27-9-8-10-28(36-27)37(22-30(38)39)31(40)44-32(2,3)4/h6-20H,5,21-22,34H2,1-4H3,(H,38,39). The van der Waals surface area contributed by atoms with Crippen molar-refractivity contribution in [1.29, 1.82) is 0 Å². The van der Waals surface area contributed by atoms with E-state index in [1.807, 2.05) is 43.3 Å². The number of carboxylic acid groups (broad SMARTS) is 1. The van der Waals surface area contributed by atoms with E-state index in [4.69, 9.17) is 15.2 Å². The summed E-state index contributed by atoms with van der Waals surface area (Å²) >= 11 is 0. The van der Waals surface area contributed by atoms with Gasteiger partial charge in [-0.2, -0.15) is 0 Å². The second-order valence-corrected chi connectivity index (χ2v) is 13.4. The predicted molar refractivity (Wildman–Crippen MR) is 169 cm³/mol. The number of nitrogens with zero attached hydrogens (tertiary/aromatic N) is 3. The number of benzene rings is 2. The van der Waals surface area contributed by atoms with Crippen LogP contribution in [0.5, 0.6) is 5.75 Å². The molecule has 0 aliphatic carbocycles. The van der Waals surface area contributed by atoms with Crippen molar-refractivity contribution < 1.29 is 32.6 Å². The van der Waals surface area contributed by atoms with Crippen LogP contribution in [0.3, 0.4) is 0 Å². The normalized spacial score (nSPS) is 13.0. The van der Waals surface area contributed by atoms with E-state index in [1.165, 1.54) is 36.5 Å². The summed E-state index contributed by atoms with van der Waals surface area (Å²) in [6.07, 6.45) is 0.173. The smallest absolute Gasteiger partial charge is 0.416 e. The summed E-state index contributed by atoms with van der Waals surface area (Å²) in [5.74, 6) is -0.698. The van der Waals surface area contributed by atoms with E-state index < -0.39 is 38.9 Å². The molecule has 0 fully saturated rings. The molecule has 0 saturated heterocycles. The Morgan fingerprint density at radius 1 is 0.911 bits per heavy atom. The number of aliphatic carboxylic acids is 1. The summed E-state index contributed by atoms with van der Waals surface area (Å²) in [7, 11) is -4.40. The van der Waals surface area contributed by atoms with Crippen LogP contribution in [0.4, 0.5) is 10.6 Å². The van der Waals surface area contributed by atoms with Crippen LogP contribution in [0, 0.1) is 0 Å². The maximum Gasteiger partial charge on any atom is 0.416 e. The first-order chi connectivity index (χ1) is 21.2. The van der Waals surface area contributed by atoms with Crippen LogP contribution in [-0.4, -0.2) is 54.3 Å². The fourth-order valence-electron chi connectivity index (χ4n) is 4.55. The minimum atomic E-state index is -4.40. The molecule has 1 amide bonds. The van der Waals surface area contributed by atoms with E-state index in [-0.39, 0.29) is 23.0 Å². The van der Waals surface area contributed by atoms with Gasteiger partial charge < -0.3 is 20.3 Å². The Labute approximate surface area is 262 Å². The number of hydrogen-bond acceptors (Lipinski definition) is 9. The zero-order valence-electron chi connectivity index (χ0n) is 25.5. The van der Waals surface area contributed by atoms with E-state index >= 15 is 0 Å². The summed E-state index contributed by atoms with van der Waals surface area (Å²) < 4.78 is 39.3. The Bertz CT molecular complexity index is 1740. The Morgan fingerprint density at radius 2 is 1.56 bits per heavy atom. The van der Waals surface area contributed by atoms with Crippen LogP contribution in [0.25, 0.3) is 11.1 Å². The van der Waals surface area contributed by atoms with Crippen LogP contribution in [0.2, 0.25) is 0 Å². The summed E-state index contributed by atoms with van der Waals surface area (Å²) in [5, 5.41) is 9.26. The number of nitrogens with two attached hydrogens (primary N) is 1. The molecule has 3 N–H and O–H groups in total. The maximum atomic E-state index is 14.2. The number of carbonyl (C=O) groups excluding carboxylic acids is 1. The highest BCUT2D eigenvalue weighted by atomic mass is 32.2. The molecule has 0 radical (unpaired) electrons. The topological polar surface area (TPSA) is 162 Å². The first kappa shape index (κ1) is 33.1. The molecular weight excluding hydrogens is 596 g/mol. The molecule has 1 unspecified atom stereocenters. The first-order valence-corrected chi connectivity index (χ1v) is 15.7. The van der Waals surface area contributed by atoms with Crippen molar-refractivity contribution in [1.82, 2.24) is 9.97 Å². The Kier molecular flexibility index (Phi) is 9.89. The monoisotopic (exact) mass is 632 g/mol. The van der Waals surface area contributed by atoms with E-state index in [9.17, 15) is 23.1 Å². The fraction of sp³-hybridized carbons (Fsp3) is 0.273. The third-order valence-electron chi connectivity index (χ3n) is 6.66. The summed E-state index contributed by atoms with van der Waals surface area (Å²) in [4.78, 5) is 31.8. The van der Waals surface area contributed by atoms with Crippen molar-refractivity contribution in [3.05, 3.63) is 102 Å². The number of sulfone groups is 1. The number of anilines is 1. The molecule has 2 heterocycles. The van der Waals surface area contributed by atoms with Crippen LogP contribution < -0.4 is 15.4 Å². The van der Waals surface area contributed by atoms with Gasteiger partial charge in [0.25, 0.3) is 0 Å². The number of rotatable bonds is 11. The number of aromatic nitrogens is 2. The number of hydrogen-bond donors (Lipinski definition) is 2. The number of ether oxygens (including phenoxy) is 2. The van der Waals surface area contributed by atoms with Gasteiger partial charge in [-0.3, -0.25) is 9.69 Å². The number of carbonyl (C=O) groups is 2. The van der Waals surface area contributed by atoms with E-state index in [0.29, 0.717) is 12.2 Å². The molecule has 12 heteroatoms. The van der Waals surface area contributed by atoms with Crippen LogP contribution in [0.1, 0.15) is 39.0 Å². The molecule has 4 aromatic rings. The zero-order valence-corrected chi connectivity index (χ0v) is 26.3. The lowest BCUT2D eigenvalue weighted by Crippen LogP contribution is -2.48. The van der Waals surface area contributed by atoms with Gasteiger partial charge in [0.05, 0.1) is 12.3 Å². The van der Waals surface area contributed by atoms with Crippen LogP contribution in [0.15, 0.2) is 96.2 Å². The molecule has 2 aromatic heterocycles. The van der Waals surface area contributed by atoms with Crippen molar-refractivity contribution in [3.63, 3.8) is 0 Å². The van der Waals surface area contributed by atoms with Gasteiger partial charge in [0.1, 0.15) is 23.7 Å². The van der Waals surface area contributed by atoms with E-state index in [0.717, 1.165) is 21.8 Å². The van der Waals surface area contributed by atoms with Crippen molar-refractivity contribution >= 4 is 27.7 Å². The predicted octanol–water partition coefficient (Wildman–Crippen LogP) is 5.20.